The van der Waals surface area contributed by atoms with Crippen LogP contribution in [-0.2, 0) is 24.2 Å². The van der Waals surface area contributed by atoms with Crippen molar-refractivity contribution < 1.29 is 4.79 Å². The van der Waals surface area contributed by atoms with Gasteiger partial charge in [-0.15, -0.1) is 10.2 Å². The molecule has 122 valence electrons. The number of aryl methyl sites for hydroxylation is 2. The van der Waals surface area contributed by atoms with Gasteiger partial charge in [-0.1, -0.05) is 19.9 Å². The van der Waals surface area contributed by atoms with E-state index in [1.807, 2.05) is 19.1 Å². The third-order valence-electron chi connectivity index (χ3n) is 4.19. The monoisotopic (exact) mass is 313 g/mol. The Kier molecular flexibility index (Phi) is 4.41. The van der Waals surface area contributed by atoms with Crippen LogP contribution in [0, 0.1) is 6.92 Å². The molecule has 3 rings (SSSR count). The minimum absolute atomic E-state index is 0.0447. The van der Waals surface area contributed by atoms with E-state index >= 15 is 0 Å². The summed E-state index contributed by atoms with van der Waals surface area (Å²) in [7, 11) is 0. The van der Waals surface area contributed by atoms with Gasteiger partial charge in [0.1, 0.15) is 11.6 Å². The van der Waals surface area contributed by atoms with Gasteiger partial charge in [0.15, 0.2) is 0 Å². The summed E-state index contributed by atoms with van der Waals surface area (Å²) < 4.78 is 2.16. The van der Waals surface area contributed by atoms with Gasteiger partial charge in [-0.3, -0.25) is 9.78 Å². The summed E-state index contributed by atoms with van der Waals surface area (Å²) in [6, 6.07) is 4.03. The smallest absolute Gasteiger partial charge is 0.224 e. The maximum Gasteiger partial charge on any atom is 0.224 e. The van der Waals surface area contributed by atoms with Crippen molar-refractivity contribution in [3.8, 4) is 0 Å². The van der Waals surface area contributed by atoms with Gasteiger partial charge in [0, 0.05) is 36.8 Å². The molecule has 0 aliphatic carbocycles. The molecule has 0 unspecified atom stereocenters. The van der Waals surface area contributed by atoms with E-state index in [0.717, 1.165) is 42.3 Å². The van der Waals surface area contributed by atoms with E-state index in [2.05, 4.69) is 38.9 Å². The van der Waals surface area contributed by atoms with Crippen LogP contribution in [0.5, 0.6) is 0 Å². The highest BCUT2D eigenvalue weighted by Gasteiger charge is 2.24. The van der Waals surface area contributed by atoms with E-state index in [1.165, 1.54) is 0 Å². The summed E-state index contributed by atoms with van der Waals surface area (Å²) in [5.41, 5.74) is 1.90. The second-order valence-electron chi connectivity index (χ2n) is 6.53. The summed E-state index contributed by atoms with van der Waals surface area (Å²) in [6.45, 7) is 6.93. The normalized spacial score (nSPS) is 17.1. The van der Waals surface area contributed by atoms with Crippen molar-refractivity contribution in [1.82, 2.24) is 25.1 Å². The lowest BCUT2D eigenvalue weighted by molar-refractivity contribution is -0.121. The van der Waals surface area contributed by atoms with Crippen molar-refractivity contribution >= 4 is 5.91 Å². The average molecular weight is 313 g/mol. The fourth-order valence-electron chi connectivity index (χ4n) is 2.96. The Bertz CT molecular complexity index is 690. The molecule has 2 aromatic rings. The molecule has 3 heterocycles. The Morgan fingerprint density at radius 2 is 2.22 bits per heavy atom. The Balaban J connectivity index is 1.61. The van der Waals surface area contributed by atoms with E-state index in [9.17, 15) is 4.79 Å². The predicted octanol–water partition coefficient (Wildman–Crippen LogP) is 1.78. The fourth-order valence-corrected chi connectivity index (χ4v) is 2.96. The zero-order valence-electron chi connectivity index (χ0n) is 13.9. The summed E-state index contributed by atoms with van der Waals surface area (Å²) in [4.78, 5) is 16.5. The van der Waals surface area contributed by atoms with Gasteiger partial charge in [0.05, 0.1) is 6.42 Å². The minimum Gasteiger partial charge on any atom is -0.351 e. The molecule has 0 saturated carbocycles. The molecule has 0 aromatic carbocycles. The van der Waals surface area contributed by atoms with Gasteiger partial charge >= 0.3 is 0 Å². The lowest BCUT2D eigenvalue weighted by Crippen LogP contribution is -2.42. The topological polar surface area (TPSA) is 72.7 Å². The number of nitrogens with one attached hydrogen (secondary N) is 1. The second kappa shape index (κ2) is 6.48. The number of hydrogen-bond acceptors (Lipinski definition) is 4. The quantitative estimate of drug-likeness (QED) is 0.934. The van der Waals surface area contributed by atoms with E-state index in [-0.39, 0.29) is 11.9 Å². The largest absolute Gasteiger partial charge is 0.351 e. The van der Waals surface area contributed by atoms with E-state index in [4.69, 9.17) is 0 Å². The molecule has 1 aliphatic heterocycles. The Morgan fingerprint density at radius 1 is 1.39 bits per heavy atom. The van der Waals surface area contributed by atoms with E-state index < -0.39 is 0 Å². The number of aromatic nitrogens is 4. The van der Waals surface area contributed by atoms with Crippen molar-refractivity contribution in [2.24, 2.45) is 0 Å². The number of rotatable bonds is 4. The molecule has 0 spiro atoms. The standard InChI is InChI=1S/C17H23N5O/c1-11(2)17-21-20-15-7-6-14(10-22(15)17)19-16(23)8-13-5-4-12(3)18-9-13/h4-5,9,11,14H,6-8,10H2,1-3H3,(H,19,23)/t14-/m0/s1. The van der Waals surface area contributed by atoms with Crippen LogP contribution in [0.3, 0.4) is 0 Å². The number of carbonyl (C=O) groups excluding carboxylic acids is 1. The first-order valence-electron chi connectivity index (χ1n) is 8.16. The van der Waals surface area contributed by atoms with Gasteiger partial charge in [0.25, 0.3) is 0 Å². The Morgan fingerprint density at radius 3 is 2.91 bits per heavy atom. The van der Waals surface area contributed by atoms with Crippen LogP contribution in [0.15, 0.2) is 18.3 Å². The van der Waals surface area contributed by atoms with E-state index in [0.29, 0.717) is 12.3 Å². The molecule has 0 fully saturated rings. The molecule has 2 aromatic heterocycles. The average Bonchev–Trinajstić information content (AvgIpc) is 2.93. The third kappa shape index (κ3) is 3.57. The molecule has 1 atom stereocenters. The molecule has 6 nitrogen and oxygen atoms in total. The third-order valence-corrected chi connectivity index (χ3v) is 4.19. The lowest BCUT2D eigenvalue weighted by atomic mass is 10.1. The van der Waals surface area contributed by atoms with Crippen LogP contribution in [-0.4, -0.2) is 31.7 Å². The molecule has 1 N–H and O–H groups in total. The summed E-state index contributed by atoms with van der Waals surface area (Å²) >= 11 is 0. The highest BCUT2D eigenvalue weighted by Crippen LogP contribution is 2.20. The zero-order chi connectivity index (χ0) is 16.4. The van der Waals surface area contributed by atoms with Crippen molar-refractivity contribution in [3.05, 3.63) is 41.2 Å². The molecule has 6 heteroatoms. The molecule has 0 bridgehead atoms. The van der Waals surface area contributed by atoms with Gasteiger partial charge in [-0.25, -0.2) is 0 Å². The maximum atomic E-state index is 12.3. The van der Waals surface area contributed by atoms with Crippen molar-refractivity contribution in [2.75, 3.05) is 0 Å². The van der Waals surface area contributed by atoms with Crippen LogP contribution in [0.4, 0.5) is 0 Å². The Labute approximate surface area is 136 Å². The predicted molar refractivity (Wildman–Crippen MR) is 87.0 cm³/mol. The van der Waals surface area contributed by atoms with Gasteiger partial charge in [-0.2, -0.15) is 0 Å². The number of fused-ring (bicyclic) bond motifs is 1. The highest BCUT2D eigenvalue weighted by atomic mass is 16.1. The van der Waals surface area contributed by atoms with Gasteiger partial charge < -0.3 is 9.88 Å². The SMILES string of the molecule is Cc1ccc(CC(=O)N[C@H]2CCc3nnc(C(C)C)n3C2)cn1. The van der Waals surface area contributed by atoms with Crippen LogP contribution in [0.1, 0.15) is 49.1 Å². The molecule has 1 amide bonds. The number of pyridine rings is 1. The van der Waals surface area contributed by atoms with Crippen molar-refractivity contribution in [1.29, 1.82) is 0 Å². The lowest BCUT2D eigenvalue weighted by Gasteiger charge is -2.26. The summed E-state index contributed by atoms with van der Waals surface area (Å²) in [5, 5.41) is 11.7. The summed E-state index contributed by atoms with van der Waals surface area (Å²) in [5.74, 6) is 2.41. The number of carbonyl (C=O) groups is 1. The molecule has 0 saturated heterocycles. The molecule has 23 heavy (non-hydrogen) atoms. The maximum absolute atomic E-state index is 12.3. The minimum atomic E-state index is 0.0447. The Hall–Kier alpha value is -2.24. The van der Waals surface area contributed by atoms with Crippen molar-refractivity contribution in [2.45, 2.75) is 58.5 Å². The summed E-state index contributed by atoms with van der Waals surface area (Å²) in [6.07, 6.45) is 3.91. The van der Waals surface area contributed by atoms with Crippen LogP contribution < -0.4 is 5.32 Å². The second-order valence-corrected chi connectivity index (χ2v) is 6.53. The first-order chi connectivity index (χ1) is 11.0. The van der Waals surface area contributed by atoms with Crippen LogP contribution in [0.2, 0.25) is 0 Å². The first kappa shape index (κ1) is 15.6. The highest BCUT2D eigenvalue weighted by molar-refractivity contribution is 5.78. The zero-order valence-corrected chi connectivity index (χ0v) is 13.9. The molecule has 0 radical (unpaired) electrons. The van der Waals surface area contributed by atoms with Crippen molar-refractivity contribution in [3.63, 3.8) is 0 Å². The fraction of sp³-hybridized carbons (Fsp3) is 0.529. The number of amides is 1. The van der Waals surface area contributed by atoms with Crippen LogP contribution >= 0.6 is 0 Å². The number of hydrogen-bond donors (Lipinski definition) is 1. The van der Waals surface area contributed by atoms with E-state index in [1.54, 1.807) is 6.20 Å². The molecular weight excluding hydrogens is 290 g/mol. The molecular formula is C17H23N5O. The van der Waals surface area contributed by atoms with Crippen LogP contribution in [0.25, 0.3) is 0 Å². The number of nitrogens with zero attached hydrogens (tertiary/aromatic N) is 4. The van der Waals surface area contributed by atoms with Gasteiger partial charge in [-0.05, 0) is 25.0 Å². The molecule has 1 aliphatic rings. The van der Waals surface area contributed by atoms with Gasteiger partial charge in [0.2, 0.25) is 5.91 Å². The first-order valence-corrected chi connectivity index (χ1v) is 8.16.